The Balaban J connectivity index is 0.00000132. The van der Waals surface area contributed by atoms with E-state index in [0.29, 0.717) is 6.42 Å². The van der Waals surface area contributed by atoms with Crippen molar-refractivity contribution in [3.63, 3.8) is 0 Å². The normalized spacial score (nSPS) is 30.8. The van der Waals surface area contributed by atoms with Gasteiger partial charge in [0.2, 0.25) is 0 Å². The first kappa shape index (κ1) is 17.8. The summed E-state index contributed by atoms with van der Waals surface area (Å²) < 4.78 is 32.9. The SMILES string of the molecule is C=CC(=O)[C@]12CN(S(=O)(=O)O)[C@@H]1CC(c1ccccc1)N2.[H-].[Na+]. The molecule has 0 bridgehead atoms. The van der Waals surface area contributed by atoms with Gasteiger partial charge < -0.3 is 1.43 Å². The maximum Gasteiger partial charge on any atom is 1.00 e. The van der Waals surface area contributed by atoms with Gasteiger partial charge >= 0.3 is 39.9 Å². The molecule has 2 aliphatic heterocycles. The zero-order chi connectivity index (χ0) is 15.3. The van der Waals surface area contributed by atoms with Gasteiger partial charge in [-0.3, -0.25) is 14.7 Å². The monoisotopic (exact) mass is 332 g/mol. The van der Waals surface area contributed by atoms with Crippen LogP contribution in [0.1, 0.15) is 19.5 Å². The molecule has 3 atom stereocenters. The van der Waals surface area contributed by atoms with Crippen LogP contribution in [-0.4, -0.2) is 41.2 Å². The molecule has 1 unspecified atom stereocenters. The molecular formula is C14H17N2NaO4S. The molecule has 2 saturated heterocycles. The van der Waals surface area contributed by atoms with E-state index in [-0.39, 0.29) is 49.4 Å². The molecule has 2 aliphatic rings. The van der Waals surface area contributed by atoms with Gasteiger partial charge in [0.15, 0.2) is 5.78 Å². The van der Waals surface area contributed by atoms with Crippen molar-refractivity contribution in [3.8, 4) is 0 Å². The third-order valence-corrected chi connectivity index (χ3v) is 5.31. The number of nitrogens with one attached hydrogen (secondary N) is 1. The third kappa shape index (κ3) is 2.71. The van der Waals surface area contributed by atoms with Crippen molar-refractivity contribution in [1.82, 2.24) is 9.62 Å². The number of nitrogens with zero attached hydrogens (tertiary/aromatic N) is 1. The molecule has 6 nitrogen and oxygen atoms in total. The van der Waals surface area contributed by atoms with Crippen LogP contribution in [0.25, 0.3) is 0 Å². The summed E-state index contributed by atoms with van der Waals surface area (Å²) in [6, 6.07) is 8.80. The maximum atomic E-state index is 12.2. The van der Waals surface area contributed by atoms with Crippen LogP contribution in [0.2, 0.25) is 0 Å². The smallest absolute Gasteiger partial charge is 1.00 e. The molecule has 0 amide bonds. The average molecular weight is 332 g/mol. The Kier molecular flexibility index (Phi) is 4.99. The van der Waals surface area contributed by atoms with Gasteiger partial charge in [0, 0.05) is 12.6 Å². The van der Waals surface area contributed by atoms with Crippen molar-refractivity contribution in [2.24, 2.45) is 0 Å². The second-order valence-corrected chi connectivity index (χ2v) is 6.79. The molecule has 0 aromatic heterocycles. The van der Waals surface area contributed by atoms with Crippen molar-refractivity contribution in [2.45, 2.75) is 24.0 Å². The summed E-state index contributed by atoms with van der Waals surface area (Å²) in [5.74, 6) is -0.245. The summed E-state index contributed by atoms with van der Waals surface area (Å²) in [7, 11) is -4.30. The number of hydrogen-bond donors (Lipinski definition) is 2. The first-order chi connectivity index (χ1) is 9.88. The summed E-state index contributed by atoms with van der Waals surface area (Å²) in [6.45, 7) is 3.42. The standard InChI is InChI=1S/C14H16N2O4S.Na.H/c1-2-13(17)14-9-16(21(18,19)20)12(14)8-11(15-14)10-6-4-3-5-7-10;;/h2-7,11-12,15H,1,8-9H2,(H,18,19,20);;/q;+1;-1/t11?,12-,14+;;/m1../s1. The molecule has 3 rings (SSSR count). The molecule has 1 aromatic carbocycles. The summed E-state index contributed by atoms with van der Waals surface area (Å²) in [5.41, 5.74) is 0.0105. The van der Waals surface area contributed by atoms with Gasteiger partial charge in [-0.2, -0.15) is 12.7 Å². The van der Waals surface area contributed by atoms with Crippen molar-refractivity contribution in [1.29, 1.82) is 0 Å². The Morgan fingerprint density at radius 1 is 1.45 bits per heavy atom. The topological polar surface area (TPSA) is 86.7 Å². The first-order valence-electron chi connectivity index (χ1n) is 6.62. The van der Waals surface area contributed by atoms with Crippen LogP contribution in [0.15, 0.2) is 43.0 Å². The summed E-state index contributed by atoms with van der Waals surface area (Å²) in [5, 5.41) is 3.23. The van der Waals surface area contributed by atoms with Crippen molar-refractivity contribution in [3.05, 3.63) is 48.6 Å². The van der Waals surface area contributed by atoms with Crippen molar-refractivity contribution in [2.75, 3.05) is 6.54 Å². The Labute approximate surface area is 153 Å². The van der Waals surface area contributed by atoms with E-state index in [4.69, 9.17) is 0 Å². The number of benzene rings is 1. The minimum absolute atomic E-state index is 0. The molecule has 2 N–H and O–H groups in total. The molecule has 0 aliphatic carbocycles. The zero-order valence-corrected chi connectivity index (χ0v) is 15.1. The van der Waals surface area contributed by atoms with E-state index in [1.807, 2.05) is 30.3 Å². The van der Waals surface area contributed by atoms with Gasteiger partial charge in [0.1, 0.15) is 5.54 Å². The van der Waals surface area contributed by atoms with E-state index < -0.39 is 21.9 Å². The van der Waals surface area contributed by atoms with Crippen LogP contribution < -0.4 is 34.9 Å². The first-order valence-corrected chi connectivity index (χ1v) is 8.02. The molecule has 22 heavy (non-hydrogen) atoms. The maximum absolute atomic E-state index is 12.2. The molecule has 1 aromatic rings. The van der Waals surface area contributed by atoms with Crippen LogP contribution in [0.4, 0.5) is 0 Å². The van der Waals surface area contributed by atoms with Gasteiger partial charge in [0.05, 0.1) is 6.04 Å². The summed E-state index contributed by atoms with van der Waals surface area (Å²) in [6.07, 6.45) is 1.64. The third-order valence-electron chi connectivity index (χ3n) is 4.34. The van der Waals surface area contributed by atoms with E-state index in [1.54, 1.807) is 0 Å². The Morgan fingerprint density at radius 2 is 2.09 bits per heavy atom. The van der Waals surface area contributed by atoms with E-state index in [1.165, 1.54) is 6.08 Å². The zero-order valence-electron chi connectivity index (χ0n) is 13.3. The van der Waals surface area contributed by atoms with Crippen LogP contribution in [-0.2, 0) is 15.1 Å². The van der Waals surface area contributed by atoms with Crippen LogP contribution in [0, 0.1) is 0 Å². The molecular weight excluding hydrogens is 315 g/mol. The molecule has 0 spiro atoms. The fourth-order valence-electron chi connectivity index (χ4n) is 3.29. The molecule has 2 heterocycles. The average Bonchev–Trinajstić information content (AvgIpc) is 2.72. The van der Waals surface area contributed by atoms with E-state index >= 15 is 0 Å². The molecule has 0 radical (unpaired) electrons. The number of rotatable bonds is 4. The van der Waals surface area contributed by atoms with Gasteiger partial charge in [0.25, 0.3) is 0 Å². The van der Waals surface area contributed by atoms with E-state index in [2.05, 4.69) is 11.9 Å². The predicted molar refractivity (Wildman–Crippen MR) is 78.0 cm³/mol. The number of carbonyl (C=O) groups excluding carboxylic acids is 1. The number of hydrogen-bond acceptors (Lipinski definition) is 4. The number of fused-ring (bicyclic) bond motifs is 1. The predicted octanol–water partition coefficient (Wildman–Crippen LogP) is -2.18. The number of ketones is 1. The number of carbonyl (C=O) groups is 1. The quantitative estimate of drug-likeness (QED) is 0.372. The Hall–Kier alpha value is -0.540. The summed E-state index contributed by atoms with van der Waals surface area (Å²) >= 11 is 0. The van der Waals surface area contributed by atoms with Crippen molar-refractivity contribution >= 4 is 16.1 Å². The van der Waals surface area contributed by atoms with Gasteiger partial charge in [-0.25, -0.2) is 0 Å². The fraction of sp³-hybridized carbons (Fsp3) is 0.357. The second kappa shape index (κ2) is 6.16. The molecule has 114 valence electrons. The van der Waals surface area contributed by atoms with Gasteiger partial charge in [-0.05, 0) is 18.1 Å². The van der Waals surface area contributed by atoms with E-state index in [0.717, 1.165) is 9.87 Å². The Bertz CT molecular complexity index is 700. The van der Waals surface area contributed by atoms with E-state index in [9.17, 15) is 17.8 Å². The minimum Gasteiger partial charge on any atom is -1.00 e. The van der Waals surface area contributed by atoms with Gasteiger partial charge in [-0.15, -0.1) is 0 Å². The summed E-state index contributed by atoms with van der Waals surface area (Å²) in [4.78, 5) is 12.2. The van der Waals surface area contributed by atoms with Crippen LogP contribution in [0.3, 0.4) is 0 Å². The molecule has 2 fully saturated rings. The molecule has 0 saturated carbocycles. The van der Waals surface area contributed by atoms with Crippen LogP contribution in [0.5, 0.6) is 0 Å². The largest absolute Gasteiger partial charge is 1.00 e. The van der Waals surface area contributed by atoms with Crippen molar-refractivity contribution < 1.29 is 48.7 Å². The molecule has 8 heteroatoms. The fourth-order valence-corrected chi connectivity index (χ4v) is 4.25. The minimum atomic E-state index is -4.30. The van der Waals surface area contributed by atoms with Crippen LogP contribution >= 0.6 is 0 Å². The van der Waals surface area contributed by atoms with Gasteiger partial charge in [-0.1, -0.05) is 36.9 Å². The second-order valence-electron chi connectivity index (χ2n) is 5.42. The Morgan fingerprint density at radius 3 is 2.64 bits per heavy atom.